The fourth-order valence-electron chi connectivity index (χ4n) is 2.55. The molecule has 2 aromatic heterocycles. The maximum absolute atomic E-state index is 11.2. The molecule has 2 heterocycles. The van der Waals surface area contributed by atoms with Gasteiger partial charge in [0.05, 0.1) is 12.7 Å². The summed E-state index contributed by atoms with van der Waals surface area (Å²) in [6, 6.07) is 11.5. The number of aromatic nitrogens is 2. The molecule has 0 aliphatic carbocycles. The Kier molecular flexibility index (Phi) is 5.04. The van der Waals surface area contributed by atoms with E-state index in [0.29, 0.717) is 34.1 Å². The van der Waals surface area contributed by atoms with Gasteiger partial charge in [-0.05, 0) is 36.2 Å². The number of ether oxygens (including phenoxy) is 2. The van der Waals surface area contributed by atoms with Crippen molar-refractivity contribution in [3.63, 3.8) is 0 Å². The van der Waals surface area contributed by atoms with Crippen LogP contribution < -0.4 is 9.47 Å². The quantitative estimate of drug-likeness (QED) is 0.628. The van der Waals surface area contributed by atoms with Gasteiger partial charge in [-0.15, -0.1) is 0 Å². The Morgan fingerprint density at radius 3 is 2.56 bits per heavy atom. The molecule has 0 fully saturated rings. The van der Waals surface area contributed by atoms with Crippen LogP contribution in [0.15, 0.2) is 55.0 Å². The van der Waals surface area contributed by atoms with Gasteiger partial charge in [0.25, 0.3) is 0 Å². The maximum Gasteiger partial charge on any atom is 0.227 e. The van der Waals surface area contributed by atoms with Gasteiger partial charge in [0.15, 0.2) is 6.29 Å². The summed E-state index contributed by atoms with van der Waals surface area (Å²) in [5.41, 5.74) is 2.97. The highest BCUT2D eigenvalue weighted by atomic mass is 16.5. The van der Waals surface area contributed by atoms with E-state index in [1.54, 1.807) is 18.5 Å². The van der Waals surface area contributed by atoms with Gasteiger partial charge in [-0.25, -0.2) is 4.98 Å². The number of hydrogen-bond donors (Lipinski definition) is 0. The zero-order valence-electron chi connectivity index (χ0n) is 14.1. The summed E-state index contributed by atoms with van der Waals surface area (Å²) in [5, 5.41) is 0. The Bertz CT molecular complexity index is 876. The van der Waals surface area contributed by atoms with Crippen LogP contribution in [0.2, 0.25) is 0 Å². The fraction of sp³-hybridized carbons (Fsp3) is 0.150. The van der Waals surface area contributed by atoms with Crippen molar-refractivity contribution >= 4 is 6.29 Å². The molecule has 0 amide bonds. The lowest BCUT2D eigenvalue weighted by Gasteiger charge is -2.13. The minimum Gasteiger partial charge on any atom is -0.495 e. The molecular formula is C20H18N2O3. The van der Waals surface area contributed by atoms with Gasteiger partial charge < -0.3 is 9.47 Å². The fourth-order valence-corrected chi connectivity index (χ4v) is 2.55. The van der Waals surface area contributed by atoms with Crippen molar-refractivity contribution in [3.8, 4) is 28.5 Å². The first-order valence-corrected chi connectivity index (χ1v) is 7.96. The van der Waals surface area contributed by atoms with E-state index < -0.39 is 0 Å². The molecule has 0 atom stereocenters. The van der Waals surface area contributed by atoms with Gasteiger partial charge in [-0.1, -0.05) is 19.1 Å². The molecule has 5 nitrogen and oxygen atoms in total. The van der Waals surface area contributed by atoms with Crippen LogP contribution in [0.4, 0.5) is 0 Å². The van der Waals surface area contributed by atoms with Crippen molar-refractivity contribution in [3.05, 3.63) is 66.1 Å². The zero-order valence-corrected chi connectivity index (χ0v) is 14.1. The van der Waals surface area contributed by atoms with E-state index in [1.165, 1.54) is 18.9 Å². The molecule has 0 unspecified atom stereocenters. The number of benzene rings is 1. The van der Waals surface area contributed by atoms with E-state index in [2.05, 4.69) is 16.9 Å². The van der Waals surface area contributed by atoms with Gasteiger partial charge >= 0.3 is 0 Å². The number of rotatable bonds is 6. The molecule has 0 radical (unpaired) electrons. The van der Waals surface area contributed by atoms with Crippen LogP contribution in [0.3, 0.4) is 0 Å². The van der Waals surface area contributed by atoms with Crippen LogP contribution in [0.25, 0.3) is 11.1 Å². The average Bonchev–Trinajstić information content (AvgIpc) is 2.68. The highest BCUT2D eigenvalue weighted by Crippen LogP contribution is 2.37. The molecular weight excluding hydrogens is 316 g/mol. The van der Waals surface area contributed by atoms with Gasteiger partial charge in [-0.3, -0.25) is 9.78 Å². The van der Waals surface area contributed by atoms with Crippen LogP contribution in [0.1, 0.15) is 22.8 Å². The second-order valence-corrected chi connectivity index (χ2v) is 5.38. The minimum atomic E-state index is 0.377. The molecule has 25 heavy (non-hydrogen) atoms. The molecule has 0 N–H and O–H groups in total. The Hall–Kier alpha value is -3.21. The highest BCUT2D eigenvalue weighted by molar-refractivity contribution is 5.86. The Morgan fingerprint density at radius 1 is 1.08 bits per heavy atom. The topological polar surface area (TPSA) is 61.3 Å². The average molecular weight is 334 g/mol. The van der Waals surface area contributed by atoms with E-state index in [0.717, 1.165) is 12.7 Å². The van der Waals surface area contributed by atoms with Crippen molar-refractivity contribution in [2.45, 2.75) is 13.3 Å². The molecule has 3 aromatic rings. The largest absolute Gasteiger partial charge is 0.495 e. The van der Waals surface area contributed by atoms with Gasteiger partial charge in [0.1, 0.15) is 11.5 Å². The second kappa shape index (κ2) is 7.57. The van der Waals surface area contributed by atoms with E-state index >= 15 is 0 Å². The summed E-state index contributed by atoms with van der Waals surface area (Å²) in [7, 11) is 1.52. The number of hydrogen-bond acceptors (Lipinski definition) is 5. The SMILES string of the molecule is CCc1ccc(Oc2ncccc2-c2cncc(C=O)c2OC)cc1. The zero-order chi connectivity index (χ0) is 17.6. The molecule has 0 aliphatic rings. The van der Waals surface area contributed by atoms with Crippen molar-refractivity contribution in [1.29, 1.82) is 0 Å². The summed E-state index contributed by atoms with van der Waals surface area (Å²) in [4.78, 5) is 19.7. The van der Waals surface area contributed by atoms with E-state index in [-0.39, 0.29) is 0 Å². The summed E-state index contributed by atoms with van der Waals surface area (Å²) in [5.74, 6) is 1.56. The number of aryl methyl sites for hydroxylation is 1. The number of aldehydes is 1. The van der Waals surface area contributed by atoms with Gasteiger partial charge in [-0.2, -0.15) is 0 Å². The predicted molar refractivity (Wildman–Crippen MR) is 95.3 cm³/mol. The van der Waals surface area contributed by atoms with Crippen molar-refractivity contribution < 1.29 is 14.3 Å². The highest BCUT2D eigenvalue weighted by Gasteiger charge is 2.16. The Morgan fingerprint density at radius 2 is 1.88 bits per heavy atom. The second-order valence-electron chi connectivity index (χ2n) is 5.38. The monoisotopic (exact) mass is 334 g/mol. The Labute approximate surface area is 146 Å². The number of carbonyl (C=O) groups is 1. The van der Waals surface area contributed by atoms with Crippen molar-refractivity contribution in [2.75, 3.05) is 7.11 Å². The van der Waals surface area contributed by atoms with Crippen molar-refractivity contribution in [1.82, 2.24) is 9.97 Å². The standard InChI is InChI=1S/C20H18N2O3/c1-3-14-6-8-16(9-7-14)25-20-17(5-4-10-22-20)18-12-21-11-15(13-23)19(18)24-2/h4-13H,3H2,1-2H3. The minimum absolute atomic E-state index is 0.377. The summed E-state index contributed by atoms with van der Waals surface area (Å²) in [6.07, 6.45) is 6.44. The van der Waals surface area contributed by atoms with Crippen LogP contribution in [-0.2, 0) is 6.42 Å². The molecule has 126 valence electrons. The van der Waals surface area contributed by atoms with Gasteiger partial charge in [0, 0.05) is 29.7 Å². The number of carbonyl (C=O) groups excluding carboxylic acids is 1. The first kappa shape index (κ1) is 16.6. The van der Waals surface area contributed by atoms with Crippen LogP contribution in [-0.4, -0.2) is 23.4 Å². The molecule has 3 rings (SSSR count). The normalized spacial score (nSPS) is 10.3. The molecule has 0 bridgehead atoms. The smallest absolute Gasteiger partial charge is 0.227 e. The lowest BCUT2D eigenvalue weighted by molar-refractivity contribution is 0.112. The van der Waals surface area contributed by atoms with E-state index in [9.17, 15) is 4.79 Å². The lowest BCUT2D eigenvalue weighted by Crippen LogP contribution is -1.98. The Balaban J connectivity index is 2.03. The number of methoxy groups -OCH3 is 1. The molecule has 1 aromatic carbocycles. The third-order valence-electron chi connectivity index (χ3n) is 3.86. The number of nitrogens with zero attached hydrogens (tertiary/aromatic N) is 2. The van der Waals surface area contributed by atoms with E-state index in [1.807, 2.05) is 30.3 Å². The van der Waals surface area contributed by atoms with Crippen molar-refractivity contribution in [2.24, 2.45) is 0 Å². The molecule has 0 spiro atoms. The summed E-state index contributed by atoms with van der Waals surface area (Å²) >= 11 is 0. The predicted octanol–water partition coefficient (Wildman–Crippen LogP) is 4.32. The summed E-state index contributed by atoms with van der Waals surface area (Å²) < 4.78 is 11.4. The van der Waals surface area contributed by atoms with E-state index in [4.69, 9.17) is 9.47 Å². The van der Waals surface area contributed by atoms with Crippen LogP contribution >= 0.6 is 0 Å². The first-order chi connectivity index (χ1) is 12.3. The number of pyridine rings is 2. The lowest BCUT2D eigenvalue weighted by atomic mass is 10.1. The molecule has 5 heteroatoms. The molecule has 0 aliphatic heterocycles. The first-order valence-electron chi connectivity index (χ1n) is 7.96. The van der Waals surface area contributed by atoms with Crippen LogP contribution in [0, 0.1) is 0 Å². The third-order valence-corrected chi connectivity index (χ3v) is 3.86. The van der Waals surface area contributed by atoms with Gasteiger partial charge in [0.2, 0.25) is 5.88 Å². The summed E-state index contributed by atoms with van der Waals surface area (Å²) in [6.45, 7) is 2.10. The maximum atomic E-state index is 11.2. The van der Waals surface area contributed by atoms with Crippen LogP contribution in [0.5, 0.6) is 17.4 Å². The third kappa shape index (κ3) is 3.50. The molecule has 0 saturated heterocycles. The molecule has 0 saturated carbocycles.